The van der Waals surface area contributed by atoms with Gasteiger partial charge in [0.05, 0.1) is 41.1 Å². The van der Waals surface area contributed by atoms with E-state index >= 15 is 0 Å². The quantitative estimate of drug-likeness (QED) is 0.744. The minimum Gasteiger partial charge on any atom is -0.499 e. The molecule has 0 aliphatic heterocycles. The van der Waals surface area contributed by atoms with Crippen molar-refractivity contribution in [3.8, 4) is 23.0 Å². The molecular formula is C21H22O6. The van der Waals surface area contributed by atoms with Crippen LogP contribution >= 0.6 is 0 Å². The lowest BCUT2D eigenvalue weighted by Gasteiger charge is -2.31. The molecule has 0 saturated heterocycles. The first-order valence-electron chi connectivity index (χ1n) is 8.36. The first kappa shape index (κ1) is 18.6. The van der Waals surface area contributed by atoms with Gasteiger partial charge in [-0.05, 0) is 35.4 Å². The molecule has 6 nitrogen and oxygen atoms in total. The summed E-state index contributed by atoms with van der Waals surface area (Å²) in [6, 6.07) is 10.8. The molecule has 2 aromatic rings. The summed E-state index contributed by atoms with van der Waals surface area (Å²) in [5, 5.41) is 0. The van der Waals surface area contributed by atoms with Gasteiger partial charge in [-0.1, -0.05) is 12.1 Å². The van der Waals surface area contributed by atoms with Gasteiger partial charge in [-0.3, -0.25) is 4.79 Å². The summed E-state index contributed by atoms with van der Waals surface area (Å²) in [4.78, 5) is 13.0. The van der Waals surface area contributed by atoms with Crippen LogP contribution in [-0.4, -0.2) is 41.3 Å². The van der Waals surface area contributed by atoms with Gasteiger partial charge in [0, 0.05) is 0 Å². The topological polar surface area (TPSA) is 63.2 Å². The van der Waals surface area contributed by atoms with Crippen molar-refractivity contribution in [3.05, 3.63) is 53.3 Å². The van der Waals surface area contributed by atoms with Gasteiger partial charge in [0.2, 0.25) is 0 Å². The third-order valence-electron chi connectivity index (χ3n) is 4.65. The van der Waals surface area contributed by atoms with Crippen molar-refractivity contribution in [2.75, 3.05) is 35.5 Å². The summed E-state index contributed by atoms with van der Waals surface area (Å²) >= 11 is 0. The SMILES string of the molecule is COC1=C(c2ccc(OC)c(OC)c2)C(=O)C1c1ccc(OC)c(OC)c1. The molecular weight excluding hydrogens is 348 g/mol. The molecule has 0 radical (unpaired) electrons. The molecule has 142 valence electrons. The maximum atomic E-state index is 13.0. The van der Waals surface area contributed by atoms with E-state index < -0.39 is 5.92 Å². The number of hydrogen-bond acceptors (Lipinski definition) is 6. The van der Waals surface area contributed by atoms with Crippen LogP contribution in [0.5, 0.6) is 23.0 Å². The summed E-state index contributed by atoms with van der Waals surface area (Å²) < 4.78 is 26.8. The molecule has 6 heteroatoms. The summed E-state index contributed by atoms with van der Waals surface area (Å²) in [7, 11) is 7.82. The van der Waals surface area contributed by atoms with Crippen LogP contribution in [0.3, 0.4) is 0 Å². The van der Waals surface area contributed by atoms with E-state index in [4.69, 9.17) is 23.7 Å². The molecule has 0 N–H and O–H groups in total. The van der Waals surface area contributed by atoms with Gasteiger partial charge in [0.15, 0.2) is 28.8 Å². The Labute approximate surface area is 158 Å². The predicted octanol–water partition coefficient (Wildman–Crippen LogP) is 3.45. The third-order valence-corrected chi connectivity index (χ3v) is 4.65. The molecule has 1 aliphatic rings. The predicted molar refractivity (Wildman–Crippen MR) is 101 cm³/mol. The molecule has 0 amide bonds. The number of Topliss-reactive ketones (excluding diaryl/α,β-unsaturated/α-hetero) is 1. The number of carbonyl (C=O) groups excluding carboxylic acids is 1. The molecule has 0 bridgehead atoms. The Balaban J connectivity index is 2.03. The highest BCUT2D eigenvalue weighted by Crippen LogP contribution is 2.47. The standard InChI is InChI=1S/C21H22O6/c1-23-14-8-6-12(10-16(14)25-3)18-20(22)19(21(18)27-5)13-7-9-15(24-2)17(11-13)26-4/h6-11,18H,1-5H3. The van der Waals surface area contributed by atoms with Crippen molar-refractivity contribution in [2.45, 2.75) is 5.92 Å². The van der Waals surface area contributed by atoms with E-state index in [1.807, 2.05) is 12.1 Å². The van der Waals surface area contributed by atoms with Crippen molar-refractivity contribution in [3.63, 3.8) is 0 Å². The molecule has 2 aromatic carbocycles. The second-order valence-corrected chi connectivity index (χ2v) is 5.92. The second kappa shape index (κ2) is 7.61. The first-order valence-corrected chi connectivity index (χ1v) is 8.36. The van der Waals surface area contributed by atoms with E-state index in [0.29, 0.717) is 34.3 Å². The number of ketones is 1. The fraction of sp³-hybridized carbons (Fsp3) is 0.286. The molecule has 0 heterocycles. The number of hydrogen-bond donors (Lipinski definition) is 0. The number of benzene rings is 2. The molecule has 0 saturated carbocycles. The van der Waals surface area contributed by atoms with E-state index in [-0.39, 0.29) is 5.78 Å². The van der Waals surface area contributed by atoms with Gasteiger partial charge in [-0.25, -0.2) is 0 Å². The lowest BCUT2D eigenvalue weighted by Crippen LogP contribution is -2.29. The van der Waals surface area contributed by atoms with Crippen LogP contribution in [0.25, 0.3) is 5.57 Å². The fourth-order valence-corrected chi connectivity index (χ4v) is 3.28. The Morgan fingerprint density at radius 2 is 1.22 bits per heavy atom. The number of rotatable bonds is 7. The summed E-state index contributed by atoms with van der Waals surface area (Å²) in [5.41, 5.74) is 2.06. The molecule has 3 rings (SSSR count). The van der Waals surface area contributed by atoms with Gasteiger partial charge in [0.1, 0.15) is 11.7 Å². The average Bonchev–Trinajstić information content (AvgIpc) is 2.71. The van der Waals surface area contributed by atoms with E-state index in [1.54, 1.807) is 59.8 Å². The summed E-state index contributed by atoms with van der Waals surface area (Å²) in [6.07, 6.45) is 0. The zero-order valence-electron chi connectivity index (χ0n) is 16.0. The van der Waals surface area contributed by atoms with Gasteiger partial charge in [-0.15, -0.1) is 0 Å². The van der Waals surface area contributed by atoms with Crippen LogP contribution in [-0.2, 0) is 9.53 Å². The Hall–Kier alpha value is -3.15. The smallest absolute Gasteiger partial charge is 0.181 e. The third kappa shape index (κ3) is 3.07. The Bertz CT molecular complexity index is 900. The Morgan fingerprint density at radius 3 is 1.78 bits per heavy atom. The lowest BCUT2D eigenvalue weighted by atomic mass is 9.74. The van der Waals surface area contributed by atoms with Gasteiger partial charge < -0.3 is 23.7 Å². The van der Waals surface area contributed by atoms with Crippen LogP contribution in [0.1, 0.15) is 17.0 Å². The van der Waals surface area contributed by atoms with Gasteiger partial charge in [-0.2, -0.15) is 0 Å². The van der Waals surface area contributed by atoms with E-state index in [0.717, 1.165) is 11.1 Å². The van der Waals surface area contributed by atoms with Crippen LogP contribution in [0.4, 0.5) is 0 Å². The van der Waals surface area contributed by atoms with Crippen LogP contribution in [0.2, 0.25) is 0 Å². The van der Waals surface area contributed by atoms with Crippen molar-refractivity contribution < 1.29 is 28.5 Å². The number of carbonyl (C=O) groups is 1. The van der Waals surface area contributed by atoms with Crippen LogP contribution < -0.4 is 18.9 Å². The Kier molecular flexibility index (Phi) is 5.26. The highest BCUT2D eigenvalue weighted by Gasteiger charge is 2.42. The monoisotopic (exact) mass is 370 g/mol. The van der Waals surface area contributed by atoms with E-state index in [2.05, 4.69) is 0 Å². The molecule has 0 aromatic heterocycles. The molecule has 1 atom stereocenters. The second-order valence-electron chi connectivity index (χ2n) is 5.92. The maximum absolute atomic E-state index is 13.0. The maximum Gasteiger partial charge on any atom is 0.181 e. The van der Waals surface area contributed by atoms with Crippen molar-refractivity contribution in [1.82, 2.24) is 0 Å². The fourth-order valence-electron chi connectivity index (χ4n) is 3.28. The highest BCUT2D eigenvalue weighted by atomic mass is 16.5. The zero-order chi connectivity index (χ0) is 19.6. The van der Waals surface area contributed by atoms with E-state index in [1.165, 1.54) is 0 Å². The van der Waals surface area contributed by atoms with Gasteiger partial charge in [0.25, 0.3) is 0 Å². The number of allylic oxidation sites excluding steroid dienone is 2. The van der Waals surface area contributed by atoms with Crippen molar-refractivity contribution in [2.24, 2.45) is 0 Å². The average molecular weight is 370 g/mol. The summed E-state index contributed by atoms with van der Waals surface area (Å²) in [5.74, 6) is 2.45. The van der Waals surface area contributed by atoms with Crippen molar-refractivity contribution in [1.29, 1.82) is 0 Å². The normalized spacial score (nSPS) is 15.9. The Morgan fingerprint density at radius 1 is 0.667 bits per heavy atom. The highest BCUT2D eigenvalue weighted by molar-refractivity contribution is 6.32. The van der Waals surface area contributed by atoms with E-state index in [9.17, 15) is 4.79 Å². The largest absolute Gasteiger partial charge is 0.499 e. The molecule has 0 spiro atoms. The number of ether oxygens (including phenoxy) is 5. The molecule has 1 unspecified atom stereocenters. The molecule has 1 aliphatic carbocycles. The number of methoxy groups -OCH3 is 5. The van der Waals surface area contributed by atoms with Gasteiger partial charge >= 0.3 is 0 Å². The first-order chi connectivity index (χ1) is 13.1. The minimum absolute atomic E-state index is 0.0220. The zero-order valence-corrected chi connectivity index (χ0v) is 16.0. The molecule has 27 heavy (non-hydrogen) atoms. The molecule has 0 fully saturated rings. The summed E-state index contributed by atoms with van der Waals surface area (Å²) in [6.45, 7) is 0. The van der Waals surface area contributed by atoms with Crippen LogP contribution in [0, 0.1) is 0 Å². The lowest BCUT2D eigenvalue weighted by molar-refractivity contribution is -0.117. The van der Waals surface area contributed by atoms with Crippen LogP contribution in [0.15, 0.2) is 42.2 Å². The minimum atomic E-state index is -0.474. The van der Waals surface area contributed by atoms with Crippen molar-refractivity contribution >= 4 is 11.4 Å².